The Kier molecular flexibility index (Phi) is 5.74. The van der Waals surface area contributed by atoms with Crippen LogP contribution in [0, 0.1) is 13.8 Å². The first-order valence-corrected chi connectivity index (χ1v) is 10.4. The quantitative estimate of drug-likeness (QED) is 0.850. The molecule has 146 valence electrons. The number of aromatic hydroxyl groups is 1. The van der Waals surface area contributed by atoms with Crippen molar-refractivity contribution in [1.29, 1.82) is 0 Å². The standard InChI is InChI=1S/C20H26N2O4S/c1-15-12-17(20(23)13-16(15)2)14-21-8-10-22(11-9-21)27(24,25)19-6-4-18(26-3)5-7-19/h4-7,12-13,23H,8-11,14H2,1-3H3. The first kappa shape index (κ1) is 19.7. The van der Waals surface area contributed by atoms with Gasteiger partial charge in [0.15, 0.2) is 0 Å². The number of hydrogen-bond donors (Lipinski definition) is 1. The highest BCUT2D eigenvalue weighted by Crippen LogP contribution is 2.25. The van der Waals surface area contributed by atoms with E-state index in [0.29, 0.717) is 44.2 Å². The summed E-state index contributed by atoms with van der Waals surface area (Å²) in [5.41, 5.74) is 3.08. The predicted octanol–water partition coefficient (Wildman–Crippen LogP) is 2.52. The molecule has 0 radical (unpaired) electrons. The number of piperazine rings is 1. The third-order valence-electron chi connectivity index (χ3n) is 5.12. The topological polar surface area (TPSA) is 70.1 Å². The second-order valence-electron chi connectivity index (χ2n) is 6.92. The Bertz CT molecular complexity index is 902. The summed E-state index contributed by atoms with van der Waals surface area (Å²) in [7, 11) is -1.95. The van der Waals surface area contributed by atoms with Crippen LogP contribution in [-0.4, -0.2) is 56.0 Å². The number of phenols is 1. The first-order chi connectivity index (χ1) is 12.8. The van der Waals surface area contributed by atoms with Crippen LogP contribution in [0.4, 0.5) is 0 Å². The van der Waals surface area contributed by atoms with Crippen molar-refractivity contribution in [2.24, 2.45) is 0 Å². The minimum Gasteiger partial charge on any atom is -0.508 e. The van der Waals surface area contributed by atoms with Crippen LogP contribution in [-0.2, 0) is 16.6 Å². The summed E-state index contributed by atoms with van der Waals surface area (Å²) in [4.78, 5) is 2.45. The maximum atomic E-state index is 12.8. The fraction of sp³-hybridized carbons (Fsp3) is 0.400. The minimum atomic E-state index is -3.50. The maximum absolute atomic E-state index is 12.8. The molecule has 0 unspecified atom stereocenters. The molecule has 7 heteroatoms. The van der Waals surface area contributed by atoms with Crippen LogP contribution in [0.15, 0.2) is 41.3 Å². The Morgan fingerprint density at radius 1 is 1.00 bits per heavy atom. The summed E-state index contributed by atoms with van der Waals surface area (Å²) in [5, 5.41) is 10.2. The summed E-state index contributed by atoms with van der Waals surface area (Å²) in [5.74, 6) is 0.929. The van der Waals surface area contributed by atoms with Crippen molar-refractivity contribution in [3.05, 3.63) is 53.1 Å². The molecule has 1 heterocycles. The zero-order chi connectivity index (χ0) is 19.6. The van der Waals surface area contributed by atoms with Gasteiger partial charge in [-0.05, 0) is 55.3 Å². The van der Waals surface area contributed by atoms with Crippen molar-refractivity contribution in [3.63, 3.8) is 0 Å². The SMILES string of the molecule is COc1ccc(S(=O)(=O)N2CCN(Cc3cc(C)c(C)cc3O)CC2)cc1. The van der Waals surface area contributed by atoms with Gasteiger partial charge in [-0.1, -0.05) is 6.07 Å². The molecule has 0 bridgehead atoms. The fourth-order valence-electron chi connectivity index (χ4n) is 3.25. The van der Waals surface area contributed by atoms with E-state index in [4.69, 9.17) is 4.74 Å². The van der Waals surface area contributed by atoms with Gasteiger partial charge >= 0.3 is 0 Å². The average Bonchev–Trinajstić information content (AvgIpc) is 2.66. The third kappa shape index (κ3) is 4.26. The molecule has 0 saturated carbocycles. The van der Waals surface area contributed by atoms with Gasteiger partial charge in [0.05, 0.1) is 12.0 Å². The Balaban J connectivity index is 1.65. The Hall–Kier alpha value is -2.09. The molecule has 0 amide bonds. The highest BCUT2D eigenvalue weighted by Gasteiger charge is 2.28. The highest BCUT2D eigenvalue weighted by atomic mass is 32.2. The van der Waals surface area contributed by atoms with Crippen molar-refractivity contribution in [3.8, 4) is 11.5 Å². The summed E-state index contributed by atoms with van der Waals surface area (Å²) in [6.45, 7) is 6.73. The van der Waals surface area contributed by atoms with Crippen molar-refractivity contribution >= 4 is 10.0 Å². The molecule has 3 rings (SSSR count). The first-order valence-electron chi connectivity index (χ1n) is 8.97. The maximum Gasteiger partial charge on any atom is 0.243 e. The number of methoxy groups -OCH3 is 1. The van der Waals surface area contributed by atoms with E-state index in [1.165, 1.54) is 4.31 Å². The van der Waals surface area contributed by atoms with E-state index in [1.807, 2.05) is 19.9 Å². The van der Waals surface area contributed by atoms with Gasteiger partial charge in [0.1, 0.15) is 11.5 Å². The summed E-state index contributed by atoms with van der Waals surface area (Å²) < 4.78 is 32.2. The number of rotatable bonds is 5. The Labute approximate surface area is 161 Å². The number of nitrogens with zero attached hydrogens (tertiary/aromatic N) is 2. The second kappa shape index (κ2) is 7.88. The molecule has 1 saturated heterocycles. The molecule has 1 N–H and O–H groups in total. The number of sulfonamides is 1. The van der Waals surface area contributed by atoms with Gasteiger partial charge in [-0.3, -0.25) is 4.90 Å². The molecule has 0 atom stereocenters. The number of ether oxygens (including phenoxy) is 1. The van der Waals surface area contributed by atoms with E-state index >= 15 is 0 Å². The van der Waals surface area contributed by atoms with E-state index in [0.717, 1.165) is 16.7 Å². The molecule has 0 spiro atoms. The molecule has 0 aromatic heterocycles. The fourth-order valence-corrected chi connectivity index (χ4v) is 4.68. The van der Waals surface area contributed by atoms with Gasteiger partial charge < -0.3 is 9.84 Å². The minimum absolute atomic E-state index is 0.281. The monoisotopic (exact) mass is 390 g/mol. The molecular weight excluding hydrogens is 364 g/mol. The zero-order valence-electron chi connectivity index (χ0n) is 16.0. The van der Waals surface area contributed by atoms with Crippen LogP contribution in [0.5, 0.6) is 11.5 Å². The van der Waals surface area contributed by atoms with Crippen LogP contribution < -0.4 is 4.74 Å². The van der Waals surface area contributed by atoms with Crippen LogP contribution in [0.2, 0.25) is 0 Å². The molecule has 0 aliphatic carbocycles. The number of aryl methyl sites for hydroxylation is 2. The van der Waals surface area contributed by atoms with Gasteiger partial charge in [0.25, 0.3) is 0 Å². The Morgan fingerprint density at radius 3 is 2.19 bits per heavy atom. The van der Waals surface area contributed by atoms with E-state index in [9.17, 15) is 13.5 Å². The van der Waals surface area contributed by atoms with E-state index in [-0.39, 0.29) is 4.90 Å². The van der Waals surface area contributed by atoms with Crippen LogP contribution in [0.1, 0.15) is 16.7 Å². The van der Waals surface area contributed by atoms with E-state index < -0.39 is 10.0 Å². The number of hydrogen-bond acceptors (Lipinski definition) is 5. The third-order valence-corrected chi connectivity index (χ3v) is 7.03. The lowest BCUT2D eigenvalue weighted by Gasteiger charge is -2.34. The summed E-state index contributed by atoms with van der Waals surface area (Å²) >= 11 is 0. The van der Waals surface area contributed by atoms with Gasteiger partial charge in [-0.15, -0.1) is 0 Å². The van der Waals surface area contributed by atoms with Crippen molar-refractivity contribution in [2.45, 2.75) is 25.3 Å². The van der Waals surface area contributed by atoms with Gasteiger partial charge in [0.2, 0.25) is 10.0 Å². The van der Waals surface area contributed by atoms with E-state index in [1.54, 1.807) is 37.4 Å². The summed E-state index contributed by atoms with van der Waals surface area (Å²) in [6, 6.07) is 10.3. The van der Waals surface area contributed by atoms with Gasteiger partial charge in [0, 0.05) is 38.3 Å². The van der Waals surface area contributed by atoms with Crippen LogP contribution >= 0.6 is 0 Å². The molecule has 2 aromatic carbocycles. The van der Waals surface area contributed by atoms with Crippen LogP contribution in [0.25, 0.3) is 0 Å². The summed E-state index contributed by atoms with van der Waals surface area (Å²) in [6.07, 6.45) is 0. The van der Waals surface area contributed by atoms with Crippen molar-refractivity contribution in [2.75, 3.05) is 33.3 Å². The zero-order valence-corrected chi connectivity index (χ0v) is 16.8. The smallest absolute Gasteiger partial charge is 0.243 e. The lowest BCUT2D eigenvalue weighted by Crippen LogP contribution is -2.48. The van der Waals surface area contributed by atoms with Gasteiger partial charge in [-0.2, -0.15) is 4.31 Å². The number of phenolic OH excluding ortho intramolecular Hbond substituents is 1. The molecule has 1 fully saturated rings. The second-order valence-corrected chi connectivity index (χ2v) is 8.86. The molecule has 2 aromatic rings. The average molecular weight is 391 g/mol. The number of benzene rings is 2. The predicted molar refractivity (Wildman–Crippen MR) is 105 cm³/mol. The van der Waals surface area contributed by atoms with Crippen molar-refractivity contribution in [1.82, 2.24) is 9.21 Å². The molecule has 1 aliphatic rings. The molecule has 1 aliphatic heterocycles. The Morgan fingerprint density at radius 2 is 1.59 bits per heavy atom. The normalized spacial score (nSPS) is 16.4. The highest BCUT2D eigenvalue weighted by molar-refractivity contribution is 7.89. The van der Waals surface area contributed by atoms with Crippen molar-refractivity contribution < 1.29 is 18.3 Å². The molecule has 27 heavy (non-hydrogen) atoms. The largest absolute Gasteiger partial charge is 0.508 e. The van der Waals surface area contributed by atoms with Crippen LogP contribution in [0.3, 0.4) is 0 Å². The van der Waals surface area contributed by atoms with E-state index in [2.05, 4.69) is 4.90 Å². The lowest BCUT2D eigenvalue weighted by atomic mass is 10.0. The molecular formula is C20H26N2O4S. The lowest BCUT2D eigenvalue weighted by molar-refractivity contribution is 0.180. The van der Waals surface area contributed by atoms with Gasteiger partial charge in [-0.25, -0.2) is 8.42 Å². The molecule has 6 nitrogen and oxygen atoms in total.